The summed E-state index contributed by atoms with van der Waals surface area (Å²) >= 11 is 0. The van der Waals surface area contributed by atoms with Crippen LogP contribution in [0.1, 0.15) is 37.3 Å². The molecule has 3 amide bonds. The van der Waals surface area contributed by atoms with Crippen LogP contribution in [0.25, 0.3) is 0 Å². The Morgan fingerprint density at radius 1 is 1.16 bits per heavy atom. The molecule has 4 rings (SSSR count). The standard InChI is InChI=1S/C20H27N3O2/c1-20(9-15-5-2-3-6-16(15)10-20)13-21-19(25)23-11-17(12-23)22-18(24)14-7-4-8-14/h2-3,5-6,14,17H,4,7-13H2,1H3,(H,21,25)(H,22,24). The summed E-state index contributed by atoms with van der Waals surface area (Å²) in [6.45, 7) is 4.18. The van der Waals surface area contributed by atoms with Gasteiger partial charge in [0.05, 0.1) is 6.04 Å². The Balaban J connectivity index is 1.20. The van der Waals surface area contributed by atoms with Gasteiger partial charge in [0.15, 0.2) is 0 Å². The van der Waals surface area contributed by atoms with Crippen molar-refractivity contribution in [3.63, 3.8) is 0 Å². The summed E-state index contributed by atoms with van der Waals surface area (Å²) in [7, 11) is 0. The van der Waals surface area contributed by atoms with Crippen molar-refractivity contribution in [1.29, 1.82) is 0 Å². The highest BCUT2D eigenvalue weighted by Crippen LogP contribution is 2.36. The highest BCUT2D eigenvalue weighted by molar-refractivity contribution is 5.80. The lowest BCUT2D eigenvalue weighted by molar-refractivity contribution is -0.129. The van der Waals surface area contributed by atoms with Gasteiger partial charge in [-0.2, -0.15) is 0 Å². The van der Waals surface area contributed by atoms with Crippen molar-refractivity contribution < 1.29 is 9.59 Å². The molecule has 1 saturated carbocycles. The zero-order valence-corrected chi connectivity index (χ0v) is 14.9. The van der Waals surface area contributed by atoms with Crippen molar-refractivity contribution in [2.24, 2.45) is 11.3 Å². The van der Waals surface area contributed by atoms with Gasteiger partial charge in [-0.15, -0.1) is 0 Å². The van der Waals surface area contributed by atoms with E-state index in [1.165, 1.54) is 17.5 Å². The first kappa shape index (κ1) is 16.4. The second kappa shape index (κ2) is 6.36. The summed E-state index contributed by atoms with van der Waals surface area (Å²) in [6.07, 6.45) is 5.24. The van der Waals surface area contributed by atoms with Crippen molar-refractivity contribution in [3.8, 4) is 0 Å². The Labute approximate surface area is 149 Å². The molecule has 5 nitrogen and oxygen atoms in total. The van der Waals surface area contributed by atoms with Gasteiger partial charge in [-0.25, -0.2) is 4.79 Å². The first-order chi connectivity index (χ1) is 12.0. The van der Waals surface area contributed by atoms with Crippen molar-refractivity contribution in [1.82, 2.24) is 15.5 Å². The van der Waals surface area contributed by atoms with Gasteiger partial charge in [0.25, 0.3) is 0 Å². The molecule has 1 heterocycles. The third-order valence-electron chi connectivity index (χ3n) is 6.01. The molecular formula is C20H27N3O2. The van der Waals surface area contributed by atoms with Gasteiger partial charge in [0.2, 0.25) is 5.91 Å². The van der Waals surface area contributed by atoms with Gasteiger partial charge in [-0.3, -0.25) is 4.79 Å². The van der Waals surface area contributed by atoms with Crippen LogP contribution in [-0.2, 0) is 17.6 Å². The molecule has 0 atom stereocenters. The molecule has 5 heteroatoms. The van der Waals surface area contributed by atoms with Crippen molar-refractivity contribution >= 4 is 11.9 Å². The Bertz CT molecular complexity index is 652. The molecule has 0 spiro atoms. The molecule has 134 valence electrons. The summed E-state index contributed by atoms with van der Waals surface area (Å²) in [5.41, 5.74) is 2.91. The fourth-order valence-electron chi connectivity index (χ4n) is 4.14. The fourth-order valence-corrected chi connectivity index (χ4v) is 4.14. The molecule has 1 saturated heterocycles. The van der Waals surface area contributed by atoms with Crippen LogP contribution in [0.4, 0.5) is 4.79 Å². The molecule has 1 aromatic rings. The summed E-state index contributed by atoms with van der Waals surface area (Å²) in [6, 6.07) is 8.67. The van der Waals surface area contributed by atoms with Crippen LogP contribution >= 0.6 is 0 Å². The molecule has 2 aliphatic carbocycles. The number of hydrogen-bond acceptors (Lipinski definition) is 2. The van der Waals surface area contributed by atoms with Crippen LogP contribution in [0.15, 0.2) is 24.3 Å². The molecule has 2 N–H and O–H groups in total. The maximum Gasteiger partial charge on any atom is 0.317 e. The normalized spacial score (nSPS) is 21.9. The lowest BCUT2D eigenvalue weighted by Crippen LogP contribution is -2.64. The van der Waals surface area contributed by atoms with E-state index in [0.717, 1.165) is 25.7 Å². The quantitative estimate of drug-likeness (QED) is 0.881. The summed E-state index contributed by atoms with van der Waals surface area (Å²) in [5.74, 6) is 0.388. The monoisotopic (exact) mass is 341 g/mol. The number of likely N-dealkylation sites (tertiary alicyclic amines) is 1. The number of nitrogens with zero attached hydrogens (tertiary/aromatic N) is 1. The zero-order valence-electron chi connectivity index (χ0n) is 14.9. The van der Waals surface area contributed by atoms with Gasteiger partial charge in [-0.05, 0) is 42.2 Å². The van der Waals surface area contributed by atoms with E-state index in [0.29, 0.717) is 19.6 Å². The van der Waals surface area contributed by atoms with Gasteiger partial charge in [0, 0.05) is 25.6 Å². The Hall–Kier alpha value is -2.04. The van der Waals surface area contributed by atoms with Gasteiger partial charge >= 0.3 is 6.03 Å². The largest absolute Gasteiger partial charge is 0.350 e. The van der Waals surface area contributed by atoms with E-state index in [2.05, 4.69) is 41.8 Å². The van der Waals surface area contributed by atoms with E-state index in [9.17, 15) is 9.59 Å². The van der Waals surface area contributed by atoms with Crippen LogP contribution in [0, 0.1) is 11.3 Å². The molecule has 0 radical (unpaired) electrons. The van der Waals surface area contributed by atoms with E-state index in [-0.39, 0.29) is 29.3 Å². The fraction of sp³-hybridized carbons (Fsp3) is 0.600. The third-order valence-corrected chi connectivity index (χ3v) is 6.01. The molecule has 1 aliphatic heterocycles. The average molecular weight is 341 g/mol. The van der Waals surface area contributed by atoms with E-state index < -0.39 is 0 Å². The molecule has 0 bridgehead atoms. The summed E-state index contributed by atoms with van der Waals surface area (Å²) in [4.78, 5) is 26.0. The van der Waals surface area contributed by atoms with Crippen molar-refractivity contribution in [3.05, 3.63) is 35.4 Å². The van der Waals surface area contributed by atoms with Crippen LogP contribution < -0.4 is 10.6 Å². The average Bonchev–Trinajstić information content (AvgIpc) is 2.83. The lowest BCUT2D eigenvalue weighted by Gasteiger charge is -2.41. The second-order valence-electron chi connectivity index (χ2n) is 8.33. The van der Waals surface area contributed by atoms with Crippen LogP contribution in [0.2, 0.25) is 0 Å². The highest BCUT2D eigenvalue weighted by Gasteiger charge is 2.36. The smallest absolute Gasteiger partial charge is 0.317 e. The first-order valence-electron chi connectivity index (χ1n) is 9.42. The van der Waals surface area contributed by atoms with Crippen molar-refractivity contribution in [2.75, 3.05) is 19.6 Å². The maximum absolute atomic E-state index is 12.3. The van der Waals surface area contributed by atoms with E-state index in [1.807, 2.05) is 0 Å². The molecule has 0 aromatic heterocycles. The second-order valence-corrected chi connectivity index (χ2v) is 8.33. The van der Waals surface area contributed by atoms with Gasteiger partial charge < -0.3 is 15.5 Å². The number of hydrogen-bond donors (Lipinski definition) is 2. The molecule has 1 aromatic carbocycles. The van der Waals surface area contributed by atoms with Gasteiger partial charge in [-0.1, -0.05) is 37.6 Å². The van der Waals surface area contributed by atoms with E-state index in [4.69, 9.17) is 0 Å². The number of benzene rings is 1. The number of fused-ring (bicyclic) bond motifs is 1. The number of nitrogens with one attached hydrogen (secondary N) is 2. The molecule has 25 heavy (non-hydrogen) atoms. The first-order valence-corrected chi connectivity index (χ1v) is 9.42. The van der Waals surface area contributed by atoms with Crippen LogP contribution in [0.3, 0.4) is 0 Å². The Kier molecular flexibility index (Phi) is 4.18. The molecule has 0 unspecified atom stereocenters. The van der Waals surface area contributed by atoms with E-state index >= 15 is 0 Å². The minimum Gasteiger partial charge on any atom is -0.350 e. The third kappa shape index (κ3) is 3.37. The summed E-state index contributed by atoms with van der Waals surface area (Å²) < 4.78 is 0. The number of amides is 3. The van der Waals surface area contributed by atoms with Crippen molar-refractivity contribution in [2.45, 2.75) is 45.1 Å². The summed E-state index contributed by atoms with van der Waals surface area (Å²) in [5, 5.41) is 6.15. The Morgan fingerprint density at radius 2 is 1.80 bits per heavy atom. The van der Waals surface area contributed by atoms with Crippen LogP contribution in [-0.4, -0.2) is 42.5 Å². The maximum atomic E-state index is 12.3. The number of carbonyl (C=O) groups is 2. The highest BCUT2D eigenvalue weighted by atomic mass is 16.2. The zero-order chi connectivity index (χ0) is 17.4. The lowest BCUT2D eigenvalue weighted by atomic mass is 9.84. The number of carbonyl (C=O) groups excluding carboxylic acids is 2. The topological polar surface area (TPSA) is 61.4 Å². The van der Waals surface area contributed by atoms with Gasteiger partial charge in [0.1, 0.15) is 0 Å². The minimum absolute atomic E-state index is 0.00803. The minimum atomic E-state index is -0.00803. The molecule has 2 fully saturated rings. The van der Waals surface area contributed by atoms with Crippen LogP contribution in [0.5, 0.6) is 0 Å². The molecular weight excluding hydrogens is 314 g/mol. The Morgan fingerprint density at radius 3 is 2.36 bits per heavy atom. The number of rotatable bonds is 4. The van der Waals surface area contributed by atoms with E-state index in [1.54, 1.807) is 4.90 Å². The predicted molar refractivity (Wildman–Crippen MR) is 96.2 cm³/mol. The molecule has 3 aliphatic rings. The SMILES string of the molecule is CC1(CNC(=O)N2CC(NC(=O)C3CCC3)C2)Cc2ccccc2C1. The number of urea groups is 1. The predicted octanol–water partition coefficient (Wildman–Crippen LogP) is 2.10.